The predicted octanol–water partition coefficient (Wildman–Crippen LogP) is 2.73. The van der Waals surface area contributed by atoms with Crippen LogP contribution in [0.5, 0.6) is 0 Å². The molecule has 0 bridgehead atoms. The topological polar surface area (TPSA) is 64.8 Å². The van der Waals surface area contributed by atoms with Crippen molar-refractivity contribution in [1.82, 2.24) is 4.90 Å². The van der Waals surface area contributed by atoms with Crippen molar-refractivity contribution in [3.63, 3.8) is 0 Å². The second kappa shape index (κ2) is 5.19. The monoisotopic (exact) mass is 286 g/mol. The number of nitrogens with two attached hydrogens (primary N) is 1. The van der Waals surface area contributed by atoms with Gasteiger partial charge in [0.05, 0.1) is 12.6 Å². The zero-order chi connectivity index (χ0) is 15.9. The zero-order valence-electron chi connectivity index (χ0n) is 14.1. The Bertz CT molecular complexity index is 366. The van der Waals surface area contributed by atoms with Crippen LogP contribution in [-0.2, 0) is 9.47 Å². The minimum atomic E-state index is -0.699. The molecule has 0 unspecified atom stereocenters. The van der Waals surface area contributed by atoms with Gasteiger partial charge in [-0.3, -0.25) is 4.90 Å². The molecule has 0 aliphatic carbocycles. The normalized spacial score (nSPS) is 24.6. The molecule has 0 radical (unpaired) electrons. The van der Waals surface area contributed by atoms with Crippen molar-refractivity contribution in [3.05, 3.63) is 0 Å². The van der Waals surface area contributed by atoms with Gasteiger partial charge in [0.15, 0.2) is 0 Å². The molecule has 1 fully saturated rings. The summed E-state index contributed by atoms with van der Waals surface area (Å²) < 4.78 is 11.3. The van der Waals surface area contributed by atoms with Gasteiger partial charge >= 0.3 is 6.09 Å². The Morgan fingerprint density at radius 1 is 1.30 bits per heavy atom. The summed E-state index contributed by atoms with van der Waals surface area (Å²) in [6.07, 6.45) is -0.371. The summed E-state index contributed by atoms with van der Waals surface area (Å²) in [5.74, 6) is 0. The van der Waals surface area contributed by atoms with E-state index in [1.807, 2.05) is 34.6 Å². The van der Waals surface area contributed by atoms with Crippen LogP contribution in [0.3, 0.4) is 0 Å². The molecular weight excluding hydrogens is 256 g/mol. The van der Waals surface area contributed by atoms with Gasteiger partial charge in [-0.2, -0.15) is 0 Å². The second-order valence-electron chi connectivity index (χ2n) is 8.07. The lowest BCUT2D eigenvalue weighted by Crippen LogP contribution is -2.58. The molecule has 0 aromatic rings. The maximum absolute atomic E-state index is 12.5. The lowest BCUT2D eigenvalue weighted by molar-refractivity contribution is -0.0643. The van der Waals surface area contributed by atoms with E-state index in [4.69, 9.17) is 15.2 Å². The Morgan fingerprint density at radius 3 is 2.20 bits per heavy atom. The van der Waals surface area contributed by atoms with Gasteiger partial charge in [0.1, 0.15) is 11.3 Å². The van der Waals surface area contributed by atoms with Crippen LogP contribution >= 0.6 is 0 Å². The minimum absolute atomic E-state index is 0.116. The molecule has 0 spiro atoms. The van der Waals surface area contributed by atoms with Crippen LogP contribution in [0.25, 0.3) is 0 Å². The average molecular weight is 286 g/mol. The molecule has 0 aromatic heterocycles. The number of ether oxygens (including phenoxy) is 2. The quantitative estimate of drug-likeness (QED) is 0.805. The van der Waals surface area contributed by atoms with E-state index in [1.165, 1.54) is 0 Å². The molecule has 5 nitrogen and oxygen atoms in total. The van der Waals surface area contributed by atoms with Crippen molar-refractivity contribution in [2.75, 3.05) is 6.61 Å². The van der Waals surface area contributed by atoms with E-state index in [0.29, 0.717) is 6.61 Å². The van der Waals surface area contributed by atoms with Crippen LogP contribution in [-0.4, -0.2) is 41.0 Å². The number of rotatable bonds is 1. The van der Waals surface area contributed by atoms with Crippen LogP contribution in [0.4, 0.5) is 4.79 Å². The van der Waals surface area contributed by atoms with Crippen molar-refractivity contribution in [2.24, 2.45) is 11.1 Å². The largest absolute Gasteiger partial charge is 0.444 e. The Hall–Kier alpha value is -0.810. The smallest absolute Gasteiger partial charge is 0.412 e. The Balaban J connectivity index is 3.00. The fraction of sp³-hybridized carbons (Fsp3) is 0.933. The van der Waals surface area contributed by atoms with Gasteiger partial charge in [-0.25, -0.2) is 4.79 Å². The highest BCUT2D eigenvalue weighted by atomic mass is 16.6. The fourth-order valence-electron chi connectivity index (χ4n) is 2.34. The van der Waals surface area contributed by atoms with E-state index in [1.54, 1.807) is 4.90 Å². The highest BCUT2D eigenvalue weighted by molar-refractivity contribution is 5.70. The summed E-state index contributed by atoms with van der Waals surface area (Å²) in [5.41, 5.74) is 4.99. The van der Waals surface area contributed by atoms with Gasteiger partial charge in [0.25, 0.3) is 0 Å². The molecule has 20 heavy (non-hydrogen) atoms. The Morgan fingerprint density at radius 2 is 1.80 bits per heavy atom. The summed E-state index contributed by atoms with van der Waals surface area (Å²) in [6, 6.07) is -0.364. The number of nitrogens with zero attached hydrogens (tertiary/aromatic N) is 1. The molecule has 1 aliphatic rings. The lowest BCUT2D eigenvalue weighted by atomic mass is 9.82. The van der Waals surface area contributed by atoms with Crippen LogP contribution in [0.2, 0.25) is 0 Å². The summed E-state index contributed by atoms with van der Waals surface area (Å²) >= 11 is 0. The minimum Gasteiger partial charge on any atom is -0.444 e. The number of carbonyl (C=O) groups excluding carboxylic acids is 1. The Kier molecular flexibility index (Phi) is 4.47. The third-order valence-corrected chi connectivity index (χ3v) is 3.52. The van der Waals surface area contributed by atoms with Crippen LogP contribution in [0.15, 0.2) is 0 Å². The molecule has 1 aliphatic heterocycles. The third kappa shape index (κ3) is 3.85. The van der Waals surface area contributed by atoms with Crippen molar-refractivity contribution < 1.29 is 14.3 Å². The van der Waals surface area contributed by atoms with E-state index in [2.05, 4.69) is 20.8 Å². The predicted molar refractivity (Wildman–Crippen MR) is 79.3 cm³/mol. The number of amides is 1. The maximum atomic E-state index is 12.5. The zero-order valence-corrected chi connectivity index (χ0v) is 14.1. The van der Waals surface area contributed by atoms with E-state index >= 15 is 0 Å². The van der Waals surface area contributed by atoms with E-state index in [-0.39, 0.29) is 23.6 Å². The van der Waals surface area contributed by atoms with E-state index in [9.17, 15) is 4.79 Å². The van der Waals surface area contributed by atoms with Gasteiger partial charge in [0, 0.05) is 6.04 Å². The van der Waals surface area contributed by atoms with Gasteiger partial charge < -0.3 is 15.2 Å². The standard InChI is InChI=1S/C15H30N2O3/c1-13(2,3)11(16)10-9-19-15(7,8)17(10)12(18)20-14(4,5)6/h10-11H,9,16H2,1-8H3/t10-,11+/m1/s1. The van der Waals surface area contributed by atoms with Crippen LogP contribution in [0.1, 0.15) is 55.4 Å². The van der Waals surface area contributed by atoms with Crippen molar-refractivity contribution in [3.8, 4) is 0 Å². The number of hydrogen-bond acceptors (Lipinski definition) is 4. The molecule has 0 aromatic carbocycles. The molecule has 1 rings (SSSR count). The molecule has 1 amide bonds. The van der Waals surface area contributed by atoms with Crippen LogP contribution < -0.4 is 5.73 Å². The average Bonchev–Trinajstić information content (AvgIpc) is 2.48. The first kappa shape index (κ1) is 17.2. The van der Waals surface area contributed by atoms with Crippen molar-refractivity contribution >= 4 is 6.09 Å². The van der Waals surface area contributed by atoms with Gasteiger partial charge in [0.2, 0.25) is 0 Å². The Labute approximate surface area is 122 Å². The van der Waals surface area contributed by atoms with Crippen molar-refractivity contribution in [2.45, 2.75) is 78.8 Å². The summed E-state index contributed by atoms with van der Waals surface area (Å²) in [5, 5.41) is 0. The van der Waals surface area contributed by atoms with Crippen molar-refractivity contribution in [1.29, 1.82) is 0 Å². The first-order valence-electron chi connectivity index (χ1n) is 7.17. The number of hydrogen-bond donors (Lipinski definition) is 1. The molecule has 2 N–H and O–H groups in total. The van der Waals surface area contributed by atoms with Gasteiger partial charge in [-0.1, -0.05) is 20.8 Å². The highest BCUT2D eigenvalue weighted by Crippen LogP contribution is 2.34. The van der Waals surface area contributed by atoms with Crippen LogP contribution in [0, 0.1) is 5.41 Å². The molecule has 1 heterocycles. The summed E-state index contributed by atoms with van der Waals surface area (Å²) in [4.78, 5) is 14.1. The summed E-state index contributed by atoms with van der Waals surface area (Å²) in [6.45, 7) is 15.9. The molecule has 0 saturated carbocycles. The molecule has 5 heteroatoms. The molecule has 2 atom stereocenters. The van der Waals surface area contributed by atoms with E-state index < -0.39 is 11.3 Å². The molecule has 118 valence electrons. The fourth-order valence-corrected chi connectivity index (χ4v) is 2.34. The van der Waals surface area contributed by atoms with Gasteiger partial charge in [-0.05, 0) is 40.0 Å². The third-order valence-electron chi connectivity index (χ3n) is 3.52. The first-order valence-corrected chi connectivity index (χ1v) is 7.17. The number of carbonyl (C=O) groups is 1. The summed E-state index contributed by atoms with van der Waals surface area (Å²) in [7, 11) is 0. The SMILES string of the molecule is CC(C)(C)OC(=O)N1[C@@H]([C@H](N)C(C)(C)C)COC1(C)C. The highest BCUT2D eigenvalue weighted by Gasteiger charge is 2.49. The first-order chi connectivity index (χ1) is 8.76. The van der Waals surface area contributed by atoms with Gasteiger partial charge in [-0.15, -0.1) is 0 Å². The molecule has 1 saturated heterocycles. The lowest BCUT2D eigenvalue weighted by Gasteiger charge is -2.40. The second-order valence-corrected chi connectivity index (χ2v) is 8.07. The maximum Gasteiger partial charge on any atom is 0.412 e. The molecular formula is C15H30N2O3. The van der Waals surface area contributed by atoms with E-state index in [0.717, 1.165) is 0 Å².